The summed E-state index contributed by atoms with van der Waals surface area (Å²) in [6.45, 7) is 0.0821. The zero-order valence-electron chi connectivity index (χ0n) is 19.5. The van der Waals surface area contributed by atoms with Crippen LogP contribution in [-0.4, -0.2) is 56.1 Å². The molecule has 0 radical (unpaired) electrons. The Morgan fingerprint density at radius 2 is 1.76 bits per heavy atom. The van der Waals surface area contributed by atoms with Gasteiger partial charge in [0, 0.05) is 6.54 Å². The predicted molar refractivity (Wildman–Crippen MR) is 126 cm³/mol. The number of nitrogens with one attached hydrogen (secondary N) is 1. The van der Waals surface area contributed by atoms with Crippen molar-refractivity contribution in [3.05, 3.63) is 65.0 Å². The summed E-state index contributed by atoms with van der Waals surface area (Å²) in [5.41, 5.74) is 10.1. The molecule has 2 unspecified atom stereocenters. The molecule has 3 heterocycles. The van der Waals surface area contributed by atoms with Crippen molar-refractivity contribution in [3.8, 4) is 11.1 Å². The summed E-state index contributed by atoms with van der Waals surface area (Å²) in [7, 11) is 0. The number of benzene rings is 2. The molecule has 3 aromatic rings. The molecule has 14 heteroatoms. The number of carbonyl (C=O) groups excluding carboxylic acids is 4. The number of primary amides is 2. The van der Waals surface area contributed by atoms with Crippen LogP contribution in [0.5, 0.6) is 0 Å². The summed E-state index contributed by atoms with van der Waals surface area (Å²) in [4.78, 5) is 51.6. The van der Waals surface area contributed by atoms with Crippen LogP contribution in [0.15, 0.2) is 42.5 Å². The van der Waals surface area contributed by atoms with Gasteiger partial charge in [0.15, 0.2) is 11.4 Å². The van der Waals surface area contributed by atoms with Crippen LogP contribution >= 0.6 is 0 Å². The molecule has 2 aliphatic rings. The fourth-order valence-corrected chi connectivity index (χ4v) is 4.86. The van der Waals surface area contributed by atoms with Crippen LogP contribution in [0.1, 0.15) is 55.8 Å². The van der Waals surface area contributed by atoms with Gasteiger partial charge in [0.05, 0.1) is 22.9 Å². The SMILES string of the molecule is NC(=O)c1nnn(C2CCN3C(=O)c4cc(-c5cccc(C(F)(F)F)c5)ccc4NC(=O)C3C2)c1C(N)=O. The Labute approximate surface area is 212 Å². The fraction of sp³-hybridized carbons (Fsp3) is 0.250. The number of hydrogen-bond acceptors (Lipinski definition) is 6. The molecule has 2 atom stereocenters. The number of halogens is 3. The zero-order valence-corrected chi connectivity index (χ0v) is 19.5. The maximum Gasteiger partial charge on any atom is 0.416 e. The summed E-state index contributed by atoms with van der Waals surface area (Å²) in [5, 5.41) is 10.2. The lowest BCUT2D eigenvalue weighted by molar-refractivity contribution is -0.137. The molecule has 0 spiro atoms. The normalized spacial score (nSPS) is 19.3. The number of anilines is 1. The highest BCUT2D eigenvalue weighted by atomic mass is 19.4. The Hall–Kier alpha value is -4.75. The standard InChI is InChI=1S/C24H20F3N7O4/c25-24(26,27)13-3-1-2-11(8-13)12-4-5-16-15(9-12)23(38)33-7-6-14(10-17(33)22(37)30-16)34-19(21(29)36)18(20(28)35)31-32-34/h1-5,8-9,14,17H,6-7,10H2,(H2,28,35)(H2,29,36)(H,30,37). The van der Waals surface area contributed by atoms with Gasteiger partial charge in [-0.2, -0.15) is 13.2 Å². The molecule has 196 valence electrons. The van der Waals surface area contributed by atoms with E-state index in [9.17, 15) is 32.3 Å². The number of nitrogens with two attached hydrogens (primary N) is 2. The van der Waals surface area contributed by atoms with E-state index in [0.717, 1.165) is 16.8 Å². The largest absolute Gasteiger partial charge is 0.416 e. The van der Waals surface area contributed by atoms with Crippen molar-refractivity contribution in [3.63, 3.8) is 0 Å². The maximum absolute atomic E-state index is 13.5. The Balaban J connectivity index is 1.46. The van der Waals surface area contributed by atoms with Crippen LogP contribution in [0.2, 0.25) is 0 Å². The van der Waals surface area contributed by atoms with Crippen molar-refractivity contribution >= 4 is 29.3 Å². The van der Waals surface area contributed by atoms with Gasteiger partial charge in [-0.25, -0.2) is 4.68 Å². The summed E-state index contributed by atoms with van der Waals surface area (Å²) >= 11 is 0. The summed E-state index contributed by atoms with van der Waals surface area (Å²) < 4.78 is 40.7. The highest BCUT2D eigenvalue weighted by molar-refractivity contribution is 6.10. The quantitative estimate of drug-likeness (QED) is 0.469. The summed E-state index contributed by atoms with van der Waals surface area (Å²) in [5.74, 6) is -2.94. The third-order valence-electron chi connectivity index (χ3n) is 6.68. The van der Waals surface area contributed by atoms with Crippen molar-refractivity contribution in [1.82, 2.24) is 19.9 Å². The fourth-order valence-electron chi connectivity index (χ4n) is 4.86. The molecule has 4 amide bonds. The zero-order chi connectivity index (χ0) is 27.4. The van der Waals surface area contributed by atoms with E-state index in [1.807, 2.05) is 0 Å². The van der Waals surface area contributed by atoms with Crippen LogP contribution in [-0.2, 0) is 11.0 Å². The number of rotatable bonds is 4. The van der Waals surface area contributed by atoms with Crippen molar-refractivity contribution in [1.29, 1.82) is 0 Å². The highest BCUT2D eigenvalue weighted by Crippen LogP contribution is 2.36. The molecule has 1 fully saturated rings. The van der Waals surface area contributed by atoms with E-state index >= 15 is 0 Å². The topological polar surface area (TPSA) is 166 Å². The molecule has 38 heavy (non-hydrogen) atoms. The smallest absolute Gasteiger partial charge is 0.364 e. The number of fused-ring (bicyclic) bond motifs is 2. The van der Waals surface area contributed by atoms with Gasteiger partial charge in [-0.05, 0) is 48.2 Å². The second kappa shape index (κ2) is 8.97. The number of amides is 4. The molecule has 0 aliphatic carbocycles. The molecule has 2 aromatic carbocycles. The number of alkyl halides is 3. The van der Waals surface area contributed by atoms with Gasteiger partial charge in [-0.15, -0.1) is 5.10 Å². The van der Waals surface area contributed by atoms with Crippen LogP contribution in [0.4, 0.5) is 18.9 Å². The van der Waals surface area contributed by atoms with Gasteiger partial charge in [0.2, 0.25) is 5.91 Å². The lowest BCUT2D eigenvalue weighted by Gasteiger charge is -2.37. The van der Waals surface area contributed by atoms with E-state index in [2.05, 4.69) is 15.6 Å². The maximum atomic E-state index is 13.5. The van der Waals surface area contributed by atoms with Crippen molar-refractivity contribution in [2.75, 3.05) is 11.9 Å². The van der Waals surface area contributed by atoms with E-state index in [1.54, 1.807) is 0 Å². The Kier molecular flexibility index (Phi) is 5.88. The Morgan fingerprint density at radius 1 is 1.03 bits per heavy atom. The van der Waals surface area contributed by atoms with Crippen LogP contribution in [0.3, 0.4) is 0 Å². The lowest BCUT2D eigenvalue weighted by Crippen LogP contribution is -2.50. The molecule has 2 aliphatic heterocycles. The average molecular weight is 527 g/mol. The third-order valence-corrected chi connectivity index (χ3v) is 6.68. The Morgan fingerprint density at radius 3 is 2.45 bits per heavy atom. The van der Waals surface area contributed by atoms with Gasteiger partial charge in [-0.1, -0.05) is 23.4 Å². The number of nitrogens with zero attached hydrogens (tertiary/aromatic N) is 4. The van der Waals surface area contributed by atoms with E-state index < -0.39 is 53.1 Å². The molecule has 1 aromatic heterocycles. The average Bonchev–Trinajstić information content (AvgIpc) is 3.30. The first-order chi connectivity index (χ1) is 18.0. The van der Waals surface area contributed by atoms with E-state index in [4.69, 9.17) is 11.5 Å². The molecule has 5 rings (SSSR count). The van der Waals surface area contributed by atoms with Gasteiger partial charge in [0.1, 0.15) is 6.04 Å². The third kappa shape index (κ3) is 4.23. The first kappa shape index (κ1) is 24.9. The van der Waals surface area contributed by atoms with Crippen molar-refractivity contribution < 1.29 is 32.3 Å². The van der Waals surface area contributed by atoms with Crippen LogP contribution < -0.4 is 16.8 Å². The number of carbonyl (C=O) groups is 4. The highest BCUT2D eigenvalue weighted by Gasteiger charge is 2.42. The van der Waals surface area contributed by atoms with Crippen LogP contribution in [0, 0.1) is 0 Å². The molecule has 0 bridgehead atoms. The first-order valence-corrected chi connectivity index (χ1v) is 11.4. The molecule has 1 saturated heterocycles. The van der Waals surface area contributed by atoms with Crippen molar-refractivity contribution in [2.24, 2.45) is 11.5 Å². The minimum atomic E-state index is -4.53. The second-order valence-corrected chi connectivity index (χ2v) is 8.98. The first-order valence-electron chi connectivity index (χ1n) is 11.4. The van der Waals surface area contributed by atoms with Gasteiger partial charge in [0.25, 0.3) is 17.7 Å². The molecular weight excluding hydrogens is 507 g/mol. The lowest BCUT2D eigenvalue weighted by atomic mass is 9.95. The number of hydrogen-bond donors (Lipinski definition) is 3. The summed E-state index contributed by atoms with van der Waals surface area (Å²) in [6, 6.07) is 7.61. The minimum absolute atomic E-state index is 0.0356. The molecule has 0 saturated carbocycles. The molecule has 5 N–H and O–H groups in total. The summed E-state index contributed by atoms with van der Waals surface area (Å²) in [6.07, 6.45) is -4.24. The van der Waals surface area contributed by atoms with E-state index in [-0.39, 0.29) is 41.9 Å². The monoisotopic (exact) mass is 527 g/mol. The van der Waals surface area contributed by atoms with Gasteiger partial charge < -0.3 is 21.7 Å². The van der Waals surface area contributed by atoms with Crippen LogP contribution in [0.25, 0.3) is 11.1 Å². The van der Waals surface area contributed by atoms with Gasteiger partial charge in [-0.3, -0.25) is 19.2 Å². The van der Waals surface area contributed by atoms with Crippen molar-refractivity contribution in [2.45, 2.75) is 31.1 Å². The minimum Gasteiger partial charge on any atom is -0.364 e. The van der Waals surface area contributed by atoms with E-state index in [0.29, 0.717) is 5.56 Å². The number of piperidine rings is 1. The molecular formula is C24H20F3N7O4. The Bertz CT molecular complexity index is 1500. The molecule has 11 nitrogen and oxygen atoms in total. The predicted octanol–water partition coefficient (Wildman–Crippen LogP) is 1.96. The number of aromatic nitrogens is 3. The van der Waals surface area contributed by atoms with Gasteiger partial charge >= 0.3 is 6.18 Å². The van der Waals surface area contributed by atoms with E-state index in [1.165, 1.54) is 35.2 Å². The second-order valence-electron chi connectivity index (χ2n) is 8.98.